The van der Waals surface area contributed by atoms with Crippen molar-refractivity contribution in [3.63, 3.8) is 0 Å². The molecule has 0 unspecified atom stereocenters. The summed E-state index contributed by atoms with van der Waals surface area (Å²) < 4.78 is 14.2. The van der Waals surface area contributed by atoms with Gasteiger partial charge in [-0.1, -0.05) is 18.2 Å². The number of fused-ring (bicyclic) bond motifs is 1. The minimum atomic E-state index is -0.440. The molecule has 0 saturated heterocycles. The van der Waals surface area contributed by atoms with Crippen LogP contribution in [-0.4, -0.2) is 5.91 Å². The number of amides is 1. The molecule has 1 amide bonds. The van der Waals surface area contributed by atoms with Gasteiger partial charge in [0.05, 0.1) is 16.9 Å². The van der Waals surface area contributed by atoms with Gasteiger partial charge in [0, 0.05) is 15.5 Å². The van der Waals surface area contributed by atoms with Crippen LogP contribution in [0.25, 0.3) is 10.1 Å². The number of carbonyl (C=O) groups is 1. The first-order valence-corrected chi connectivity index (χ1v) is 6.86. The van der Waals surface area contributed by atoms with Crippen molar-refractivity contribution in [3.8, 4) is 0 Å². The van der Waals surface area contributed by atoms with Crippen molar-refractivity contribution in [2.45, 2.75) is 0 Å². The highest BCUT2D eigenvalue weighted by Gasteiger charge is 2.13. The Morgan fingerprint density at radius 1 is 1.20 bits per heavy atom. The van der Waals surface area contributed by atoms with Gasteiger partial charge in [-0.05, 0) is 24.3 Å². The van der Waals surface area contributed by atoms with Crippen LogP contribution in [0.4, 0.5) is 15.8 Å². The summed E-state index contributed by atoms with van der Waals surface area (Å²) in [5.74, 6) is -0.732. The van der Waals surface area contributed by atoms with Crippen molar-refractivity contribution in [1.29, 1.82) is 0 Å². The predicted molar refractivity (Wildman–Crippen MR) is 80.6 cm³/mol. The zero-order valence-electron chi connectivity index (χ0n) is 10.4. The summed E-state index contributed by atoms with van der Waals surface area (Å²) in [7, 11) is 0. The number of hydrogen-bond donors (Lipinski definition) is 2. The molecule has 5 heteroatoms. The number of benzene rings is 2. The van der Waals surface area contributed by atoms with Gasteiger partial charge in [0.15, 0.2) is 0 Å². The molecule has 1 heterocycles. The SMILES string of the molecule is Nc1ccc(F)cc1NC(=O)c1csc2ccccc12. The minimum absolute atomic E-state index is 0.283. The second-order valence-corrected chi connectivity index (χ2v) is 5.24. The average Bonchev–Trinajstić information content (AvgIpc) is 2.87. The molecule has 0 saturated carbocycles. The van der Waals surface area contributed by atoms with Crippen molar-refractivity contribution in [3.05, 3.63) is 59.2 Å². The highest BCUT2D eigenvalue weighted by Crippen LogP contribution is 2.27. The van der Waals surface area contributed by atoms with Crippen molar-refractivity contribution in [2.75, 3.05) is 11.1 Å². The molecule has 3 aromatic rings. The predicted octanol–water partition coefficient (Wildman–Crippen LogP) is 3.87. The third kappa shape index (κ3) is 2.23. The Kier molecular flexibility index (Phi) is 3.12. The third-order valence-corrected chi connectivity index (χ3v) is 3.95. The molecule has 3 nitrogen and oxygen atoms in total. The molecule has 1 aromatic heterocycles. The number of nitrogen functional groups attached to an aromatic ring is 1. The lowest BCUT2D eigenvalue weighted by molar-refractivity contribution is 0.102. The van der Waals surface area contributed by atoms with E-state index in [1.54, 1.807) is 5.38 Å². The van der Waals surface area contributed by atoms with E-state index in [-0.39, 0.29) is 11.6 Å². The Morgan fingerprint density at radius 2 is 2.00 bits per heavy atom. The van der Waals surface area contributed by atoms with Crippen LogP contribution in [-0.2, 0) is 0 Å². The van der Waals surface area contributed by atoms with E-state index < -0.39 is 5.82 Å². The summed E-state index contributed by atoms with van der Waals surface area (Å²) in [5.41, 5.74) is 6.90. The number of anilines is 2. The molecule has 0 fully saturated rings. The topological polar surface area (TPSA) is 55.1 Å². The molecule has 3 N–H and O–H groups in total. The Labute approximate surface area is 118 Å². The van der Waals surface area contributed by atoms with Crippen LogP contribution in [0.15, 0.2) is 47.8 Å². The van der Waals surface area contributed by atoms with Gasteiger partial charge in [0.25, 0.3) is 5.91 Å². The van der Waals surface area contributed by atoms with Crippen molar-refractivity contribution in [1.82, 2.24) is 0 Å². The quantitative estimate of drug-likeness (QED) is 0.702. The zero-order valence-corrected chi connectivity index (χ0v) is 11.2. The van der Waals surface area contributed by atoms with E-state index in [0.717, 1.165) is 10.1 Å². The van der Waals surface area contributed by atoms with Crippen molar-refractivity contribution < 1.29 is 9.18 Å². The molecular weight excluding hydrogens is 275 g/mol. The lowest BCUT2D eigenvalue weighted by Crippen LogP contribution is -2.12. The van der Waals surface area contributed by atoms with Crippen molar-refractivity contribution >= 4 is 38.7 Å². The normalized spacial score (nSPS) is 10.7. The average molecular weight is 286 g/mol. The fourth-order valence-electron chi connectivity index (χ4n) is 1.98. The molecule has 0 bridgehead atoms. The standard InChI is InChI=1S/C15H11FN2OS/c16-9-5-6-12(17)13(7-9)18-15(19)11-8-20-14-4-2-1-3-10(11)14/h1-8H,17H2,(H,18,19). The number of carbonyl (C=O) groups excluding carboxylic acids is 1. The molecular formula is C15H11FN2OS. The maximum atomic E-state index is 13.2. The number of nitrogens with two attached hydrogens (primary N) is 1. The summed E-state index contributed by atoms with van der Waals surface area (Å²) in [6.07, 6.45) is 0. The maximum Gasteiger partial charge on any atom is 0.257 e. The number of hydrogen-bond acceptors (Lipinski definition) is 3. The summed E-state index contributed by atoms with van der Waals surface area (Å²) >= 11 is 1.49. The van der Waals surface area contributed by atoms with Gasteiger partial charge in [-0.2, -0.15) is 0 Å². The molecule has 2 aromatic carbocycles. The van der Waals surface area contributed by atoms with Gasteiger partial charge >= 0.3 is 0 Å². The molecule has 0 aliphatic heterocycles. The van der Waals surface area contributed by atoms with E-state index in [0.29, 0.717) is 11.3 Å². The lowest BCUT2D eigenvalue weighted by Gasteiger charge is -2.07. The summed E-state index contributed by atoms with van der Waals surface area (Å²) in [6.45, 7) is 0. The Morgan fingerprint density at radius 3 is 2.85 bits per heavy atom. The number of rotatable bonds is 2. The monoisotopic (exact) mass is 286 g/mol. The fourth-order valence-corrected chi connectivity index (χ4v) is 2.92. The summed E-state index contributed by atoms with van der Waals surface area (Å²) in [6, 6.07) is 11.5. The molecule has 0 atom stereocenters. The maximum absolute atomic E-state index is 13.2. The van der Waals surface area contributed by atoms with E-state index in [1.807, 2.05) is 24.3 Å². The van der Waals surface area contributed by atoms with Crippen LogP contribution in [0, 0.1) is 5.82 Å². The minimum Gasteiger partial charge on any atom is -0.397 e. The van der Waals surface area contributed by atoms with Gasteiger partial charge in [-0.25, -0.2) is 4.39 Å². The van der Waals surface area contributed by atoms with Crippen LogP contribution in [0.1, 0.15) is 10.4 Å². The van der Waals surface area contributed by atoms with Crippen molar-refractivity contribution in [2.24, 2.45) is 0 Å². The third-order valence-electron chi connectivity index (χ3n) is 2.99. The fraction of sp³-hybridized carbons (Fsp3) is 0. The van der Waals surface area contributed by atoms with Crippen LogP contribution in [0.5, 0.6) is 0 Å². The smallest absolute Gasteiger partial charge is 0.257 e. The summed E-state index contributed by atoms with van der Waals surface area (Å²) in [5, 5.41) is 5.32. The Hall–Kier alpha value is -2.40. The number of halogens is 1. The highest BCUT2D eigenvalue weighted by molar-refractivity contribution is 7.17. The van der Waals surface area contributed by atoms with Gasteiger partial charge in [0.1, 0.15) is 5.82 Å². The van der Waals surface area contributed by atoms with E-state index in [4.69, 9.17) is 5.73 Å². The van der Waals surface area contributed by atoms with Gasteiger partial charge < -0.3 is 11.1 Å². The molecule has 0 aliphatic carbocycles. The van der Waals surface area contributed by atoms with Crippen LogP contribution >= 0.6 is 11.3 Å². The van der Waals surface area contributed by atoms with E-state index in [1.165, 1.54) is 29.5 Å². The molecule has 0 aliphatic rings. The Bertz CT molecular complexity index is 797. The zero-order chi connectivity index (χ0) is 14.1. The molecule has 3 rings (SSSR count). The largest absolute Gasteiger partial charge is 0.397 e. The highest BCUT2D eigenvalue weighted by atomic mass is 32.1. The lowest BCUT2D eigenvalue weighted by atomic mass is 10.1. The van der Waals surface area contributed by atoms with Gasteiger partial charge in [0.2, 0.25) is 0 Å². The van der Waals surface area contributed by atoms with E-state index >= 15 is 0 Å². The first-order chi connectivity index (χ1) is 9.65. The van der Waals surface area contributed by atoms with Crippen LogP contribution in [0.3, 0.4) is 0 Å². The van der Waals surface area contributed by atoms with E-state index in [9.17, 15) is 9.18 Å². The summed E-state index contributed by atoms with van der Waals surface area (Å²) in [4.78, 5) is 12.3. The van der Waals surface area contributed by atoms with Crippen LogP contribution < -0.4 is 11.1 Å². The molecule has 100 valence electrons. The first kappa shape index (κ1) is 12.6. The molecule has 20 heavy (non-hydrogen) atoms. The first-order valence-electron chi connectivity index (χ1n) is 5.98. The molecule has 0 radical (unpaired) electrons. The van der Waals surface area contributed by atoms with Gasteiger partial charge in [-0.15, -0.1) is 11.3 Å². The Balaban J connectivity index is 1.95. The van der Waals surface area contributed by atoms with E-state index in [2.05, 4.69) is 5.32 Å². The molecule has 0 spiro atoms. The van der Waals surface area contributed by atoms with Crippen LogP contribution in [0.2, 0.25) is 0 Å². The number of nitrogens with one attached hydrogen (secondary N) is 1. The second-order valence-electron chi connectivity index (χ2n) is 4.33. The van der Waals surface area contributed by atoms with Gasteiger partial charge in [-0.3, -0.25) is 4.79 Å². The number of thiophene rings is 1. The second kappa shape index (κ2) is 4.94.